The van der Waals surface area contributed by atoms with Gasteiger partial charge in [0.2, 0.25) is 5.91 Å². The molecule has 1 aromatic heterocycles. The Labute approximate surface area is 111 Å². The van der Waals surface area contributed by atoms with Crippen molar-refractivity contribution in [3.05, 3.63) is 46.8 Å². The third-order valence-corrected chi connectivity index (χ3v) is 3.47. The minimum Gasteiger partial charge on any atom is -0.324 e. The van der Waals surface area contributed by atoms with Crippen LogP contribution in [-0.2, 0) is 11.3 Å². The molecule has 0 fully saturated rings. The van der Waals surface area contributed by atoms with E-state index in [-0.39, 0.29) is 11.9 Å². The van der Waals surface area contributed by atoms with Crippen molar-refractivity contribution >= 4 is 11.6 Å². The summed E-state index contributed by atoms with van der Waals surface area (Å²) in [6.07, 6.45) is 1.78. The number of benzene rings is 1. The molecule has 98 valence electrons. The maximum absolute atomic E-state index is 12.0. The lowest BCUT2D eigenvalue weighted by atomic mass is 10.1. The van der Waals surface area contributed by atoms with Gasteiger partial charge >= 0.3 is 0 Å². The molecule has 3 N–H and O–H groups in total. The monoisotopic (exact) mass is 256 g/mol. The van der Waals surface area contributed by atoms with Crippen molar-refractivity contribution in [2.45, 2.75) is 26.4 Å². The Morgan fingerprint density at radius 2 is 2.21 bits per heavy atom. The number of nitrogens with zero attached hydrogens (tertiary/aromatic N) is 1. The summed E-state index contributed by atoms with van der Waals surface area (Å²) in [6, 6.07) is 5.71. The number of fused-ring (bicyclic) bond motifs is 1. The van der Waals surface area contributed by atoms with Crippen LogP contribution in [0.5, 0.6) is 0 Å². The van der Waals surface area contributed by atoms with E-state index in [1.54, 1.807) is 6.20 Å². The molecule has 5 nitrogen and oxygen atoms in total. The van der Waals surface area contributed by atoms with Crippen molar-refractivity contribution in [1.82, 2.24) is 15.5 Å². The normalized spacial score (nSPS) is 17.4. The molecule has 3 rings (SSSR count). The molecule has 2 heterocycles. The lowest BCUT2D eigenvalue weighted by Gasteiger charge is -2.11. The molecule has 1 atom stereocenters. The number of anilines is 1. The average Bonchev–Trinajstić information content (AvgIpc) is 2.90. The van der Waals surface area contributed by atoms with Gasteiger partial charge in [0, 0.05) is 29.1 Å². The van der Waals surface area contributed by atoms with Gasteiger partial charge in [-0.05, 0) is 19.9 Å². The van der Waals surface area contributed by atoms with Crippen LogP contribution in [0.4, 0.5) is 5.69 Å². The third-order valence-electron chi connectivity index (χ3n) is 3.47. The minimum absolute atomic E-state index is 0.00162. The van der Waals surface area contributed by atoms with Crippen molar-refractivity contribution in [1.29, 1.82) is 0 Å². The zero-order chi connectivity index (χ0) is 13.4. The van der Waals surface area contributed by atoms with Gasteiger partial charge in [0.15, 0.2) is 0 Å². The van der Waals surface area contributed by atoms with Crippen LogP contribution in [0.2, 0.25) is 0 Å². The molecular formula is C14H16N4O. The van der Waals surface area contributed by atoms with Crippen molar-refractivity contribution < 1.29 is 4.79 Å². The third kappa shape index (κ3) is 2.13. The van der Waals surface area contributed by atoms with E-state index in [9.17, 15) is 4.79 Å². The summed E-state index contributed by atoms with van der Waals surface area (Å²) >= 11 is 0. The van der Waals surface area contributed by atoms with Gasteiger partial charge in [-0.25, -0.2) is 0 Å². The Balaban J connectivity index is 1.81. The quantitative estimate of drug-likeness (QED) is 0.784. The van der Waals surface area contributed by atoms with Crippen molar-refractivity contribution in [3.8, 4) is 0 Å². The minimum atomic E-state index is -0.288. The highest BCUT2D eigenvalue weighted by atomic mass is 16.2. The highest BCUT2D eigenvalue weighted by molar-refractivity contribution is 6.02. The molecule has 0 bridgehead atoms. The van der Waals surface area contributed by atoms with Crippen LogP contribution in [0.3, 0.4) is 0 Å². The Morgan fingerprint density at radius 1 is 1.37 bits per heavy atom. The predicted octanol–water partition coefficient (Wildman–Crippen LogP) is 1.81. The van der Waals surface area contributed by atoms with E-state index in [4.69, 9.17) is 0 Å². The standard InChI is InChI=1S/C14H16N4O/c1-8-3-4-12-11(5-8)13(14(19)17-12)15-6-10-7-16-18-9(10)2/h3-5,7,13,15H,6H2,1-2H3,(H,16,18)(H,17,19). The Bertz CT molecular complexity index is 632. The van der Waals surface area contributed by atoms with Gasteiger partial charge in [-0.3, -0.25) is 15.2 Å². The summed E-state index contributed by atoms with van der Waals surface area (Å²) in [5.74, 6) is 0.00162. The van der Waals surface area contributed by atoms with Gasteiger partial charge in [-0.15, -0.1) is 0 Å². The van der Waals surface area contributed by atoms with E-state index in [1.807, 2.05) is 32.0 Å². The highest BCUT2D eigenvalue weighted by Gasteiger charge is 2.30. The average molecular weight is 256 g/mol. The van der Waals surface area contributed by atoms with E-state index in [2.05, 4.69) is 20.8 Å². The molecular weight excluding hydrogens is 240 g/mol. The fraction of sp³-hybridized carbons (Fsp3) is 0.286. The molecule has 0 radical (unpaired) electrons. The van der Waals surface area contributed by atoms with Gasteiger partial charge in [-0.1, -0.05) is 17.7 Å². The summed E-state index contributed by atoms with van der Waals surface area (Å²) in [4.78, 5) is 12.0. The van der Waals surface area contributed by atoms with Crippen LogP contribution in [-0.4, -0.2) is 16.1 Å². The summed E-state index contributed by atoms with van der Waals surface area (Å²) in [5.41, 5.74) is 5.17. The van der Waals surface area contributed by atoms with Crippen LogP contribution in [0.25, 0.3) is 0 Å². The molecule has 2 aromatic rings. The second-order valence-electron chi connectivity index (χ2n) is 4.91. The fourth-order valence-electron chi connectivity index (χ4n) is 2.35. The lowest BCUT2D eigenvalue weighted by molar-refractivity contribution is -0.117. The van der Waals surface area contributed by atoms with Crippen LogP contribution in [0, 0.1) is 13.8 Å². The summed E-state index contributed by atoms with van der Waals surface area (Å²) in [6.45, 7) is 4.62. The molecule has 0 aliphatic carbocycles. The van der Waals surface area contributed by atoms with Crippen molar-refractivity contribution in [2.75, 3.05) is 5.32 Å². The molecule has 1 unspecified atom stereocenters. The Morgan fingerprint density at radius 3 is 2.95 bits per heavy atom. The fourth-order valence-corrected chi connectivity index (χ4v) is 2.35. The van der Waals surface area contributed by atoms with E-state index in [0.29, 0.717) is 6.54 Å². The van der Waals surface area contributed by atoms with Gasteiger partial charge in [0.25, 0.3) is 0 Å². The number of carbonyl (C=O) groups excluding carboxylic acids is 1. The van der Waals surface area contributed by atoms with E-state index >= 15 is 0 Å². The Kier molecular flexibility index (Phi) is 2.83. The van der Waals surface area contributed by atoms with Crippen molar-refractivity contribution in [3.63, 3.8) is 0 Å². The molecule has 1 aliphatic heterocycles. The molecule has 5 heteroatoms. The zero-order valence-corrected chi connectivity index (χ0v) is 10.9. The molecule has 0 saturated carbocycles. The maximum Gasteiger partial charge on any atom is 0.246 e. The first kappa shape index (κ1) is 11.9. The summed E-state index contributed by atoms with van der Waals surface area (Å²) in [7, 11) is 0. The molecule has 1 aromatic carbocycles. The molecule has 19 heavy (non-hydrogen) atoms. The maximum atomic E-state index is 12.0. The zero-order valence-electron chi connectivity index (χ0n) is 10.9. The first-order valence-corrected chi connectivity index (χ1v) is 6.29. The lowest BCUT2D eigenvalue weighted by Crippen LogP contribution is -2.27. The number of carbonyl (C=O) groups is 1. The van der Waals surface area contributed by atoms with E-state index in [0.717, 1.165) is 28.1 Å². The molecule has 1 aliphatic rings. The van der Waals surface area contributed by atoms with Crippen LogP contribution < -0.4 is 10.6 Å². The largest absolute Gasteiger partial charge is 0.324 e. The molecule has 0 saturated heterocycles. The smallest absolute Gasteiger partial charge is 0.246 e. The number of aryl methyl sites for hydroxylation is 2. The van der Waals surface area contributed by atoms with Gasteiger partial charge in [0.1, 0.15) is 6.04 Å². The number of hydrogen-bond acceptors (Lipinski definition) is 3. The van der Waals surface area contributed by atoms with Crippen molar-refractivity contribution in [2.24, 2.45) is 0 Å². The first-order valence-electron chi connectivity index (χ1n) is 6.29. The number of amides is 1. The SMILES string of the molecule is Cc1ccc2c(c1)C(NCc1cn[nH]c1C)C(=O)N2. The number of aromatic nitrogens is 2. The summed E-state index contributed by atoms with van der Waals surface area (Å²) < 4.78 is 0. The molecule has 1 amide bonds. The van der Waals surface area contributed by atoms with Crippen LogP contribution >= 0.6 is 0 Å². The number of aromatic amines is 1. The van der Waals surface area contributed by atoms with Crippen LogP contribution in [0.15, 0.2) is 24.4 Å². The van der Waals surface area contributed by atoms with E-state index in [1.165, 1.54) is 0 Å². The highest BCUT2D eigenvalue weighted by Crippen LogP contribution is 2.31. The van der Waals surface area contributed by atoms with Gasteiger partial charge < -0.3 is 5.32 Å². The topological polar surface area (TPSA) is 69.8 Å². The Hall–Kier alpha value is -2.14. The van der Waals surface area contributed by atoms with E-state index < -0.39 is 0 Å². The summed E-state index contributed by atoms with van der Waals surface area (Å²) in [5, 5.41) is 13.1. The number of H-pyrrole nitrogens is 1. The first-order chi connectivity index (χ1) is 9.15. The van der Waals surface area contributed by atoms with Gasteiger partial charge in [-0.2, -0.15) is 5.10 Å². The number of hydrogen-bond donors (Lipinski definition) is 3. The van der Waals surface area contributed by atoms with Crippen LogP contribution in [0.1, 0.15) is 28.4 Å². The second-order valence-corrected chi connectivity index (χ2v) is 4.91. The number of rotatable bonds is 3. The number of nitrogens with one attached hydrogen (secondary N) is 3. The second kappa shape index (κ2) is 4.51. The molecule has 0 spiro atoms. The van der Waals surface area contributed by atoms with Gasteiger partial charge in [0.05, 0.1) is 6.20 Å². The predicted molar refractivity (Wildman–Crippen MR) is 72.7 cm³/mol.